The number of rotatable bonds is 5. The van der Waals surface area contributed by atoms with Gasteiger partial charge in [-0.3, -0.25) is 25.2 Å². The molecule has 162 valence electrons. The van der Waals surface area contributed by atoms with Crippen LogP contribution in [0.15, 0.2) is 48.5 Å². The normalized spacial score (nSPS) is 15.4. The number of benzene rings is 2. The van der Waals surface area contributed by atoms with Gasteiger partial charge in [0.25, 0.3) is 5.91 Å². The number of amides is 3. The van der Waals surface area contributed by atoms with Gasteiger partial charge in [0.05, 0.1) is 0 Å². The smallest absolute Gasteiger partial charge is 0.269 e. The number of hydrogen-bond donors (Lipinski definition) is 2. The average Bonchev–Trinajstić information content (AvgIpc) is 3.29. The molecule has 8 nitrogen and oxygen atoms in total. The molecule has 2 N–H and O–H groups in total. The van der Waals surface area contributed by atoms with E-state index in [1.165, 1.54) is 0 Å². The molecule has 2 aromatic rings. The van der Waals surface area contributed by atoms with Crippen LogP contribution < -0.4 is 20.3 Å². The third-order valence-corrected chi connectivity index (χ3v) is 5.62. The maximum absolute atomic E-state index is 12.4. The zero-order valence-electron chi connectivity index (χ0n) is 17.1. The molecule has 0 saturated carbocycles. The van der Waals surface area contributed by atoms with Crippen molar-refractivity contribution in [2.75, 3.05) is 19.9 Å². The molecular formula is C23H25N3O5. The van der Waals surface area contributed by atoms with Gasteiger partial charge in [-0.15, -0.1) is 0 Å². The molecule has 3 amide bonds. The van der Waals surface area contributed by atoms with Crippen molar-refractivity contribution >= 4 is 17.7 Å². The van der Waals surface area contributed by atoms with Gasteiger partial charge in [0, 0.05) is 31.0 Å². The zero-order chi connectivity index (χ0) is 21.6. The first-order valence-corrected chi connectivity index (χ1v) is 10.4. The molecule has 2 aliphatic heterocycles. The Bertz CT molecular complexity index is 955. The number of hydrazine groups is 1. The summed E-state index contributed by atoms with van der Waals surface area (Å²) in [7, 11) is 0. The van der Waals surface area contributed by atoms with Crippen LogP contribution in [-0.2, 0) is 16.0 Å². The summed E-state index contributed by atoms with van der Waals surface area (Å²) in [6.45, 7) is 1.22. The van der Waals surface area contributed by atoms with Gasteiger partial charge in [-0.1, -0.05) is 30.3 Å². The maximum atomic E-state index is 12.4. The Kier molecular flexibility index (Phi) is 6.35. The molecule has 2 aliphatic rings. The fourth-order valence-electron chi connectivity index (χ4n) is 3.78. The largest absolute Gasteiger partial charge is 0.454 e. The Labute approximate surface area is 180 Å². The predicted octanol–water partition coefficient (Wildman–Crippen LogP) is 2.05. The molecule has 0 radical (unpaired) electrons. The van der Waals surface area contributed by atoms with Crippen LogP contribution in [0.4, 0.5) is 0 Å². The van der Waals surface area contributed by atoms with Crippen LogP contribution in [-0.4, -0.2) is 42.5 Å². The van der Waals surface area contributed by atoms with Gasteiger partial charge in [-0.05, 0) is 43.0 Å². The van der Waals surface area contributed by atoms with Crippen LogP contribution in [0.5, 0.6) is 11.5 Å². The average molecular weight is 423 g/mol. The molecule has 0 aromatic heterocycles. The molecule has 8 heteroatoms. The number of carbonyl (C=O) groups excluding carboxylic acids is 3. The van der Waals surface area contributed by atoms with Crippen molar-refractivity contribution in [2.24, 2.45) is 5.92 Å². The molecule has 2 heterocycles. The summed E-state index contributed by atoms with van der Waals surface area (Å²) in [6.07, 6.45) is 2.32. The van der Waals surface area contributed by atoms with E-state index >= 15 is 0 Å². The number of hydrogen-bond acceptors (Lipinski definition) is 5. The van der Waals surface area contributed by atoms with Crippen LogP contribution in [0, 0.1) is 5.92 Å². The second-order valence-corrected chi connectivity index (χ2v) is 7.65. The lowest BCUT2D eigenvalue weighted by molar-refractivity contribution is -0.135. The highest BCUT2D eigenvalue weighted by Gasteiger charge is 2.27. The number of piperidine rings is 1. The quantitative estimate of drug-likeness (QED) is 0.718. The molecule has 31 heavy (non-hydrogen) atoms. The summed E-state index contributed by atoms with van der Waals surface area (Å²) in [4.78, 5) is 39.0. The SMILES string of the molecule is O=C(NNC(=O)C1CCN(C(=O)CCc2ccccc2)CC1)c1ccc2c(c1)OCO2. The van der Waals surface area contributed by atoms with Crippen molar-refractivity contribution < 1.29 is 23.9 Å². The fourth-order valence-corrected chi connectivity index (χ4v) is 3.78. The molecule has 0 atom stereocenters. The van der Waals surface area contributed by atoms with Gasteiger partial charge < -0.3 is 14.4 Å². The Morgan fingerprint density at radius 3 is 2.45 bits per heavy atom. The molecular weight excluding hydrogens is 398 g/mol. The molecule has 0 bridgehead atoms. The van der Waals surface area contributed by atoms with Crippen LogP contribution in [0.1, 0.15) is 35.2 Å². The van der Waals surface area contributed by atoms with E-state index in [2.05, 4.69) is 10.9 Å². The summed E-state index contributed by atoms with van der Waals surface area (Å²) >= 11 is 0. The summed E-state index contributed by atoms with van der Waals surface area (Å²) in [5.74, 6) is 0.286. The number of nitrogens with one attached hydrogen (secondary N) is 2. The Morgan fingerprint density at radius 2 is 1.68 bits per heavy atom. The molecule has 0 spiro atoms. The van der Waals surface area contributed by atoms with Gasteiger partial charge in [-0.25, -0.2) is 0 Å². The van der Waals surface area contributed by atoms with Crippen molar-refractivity contribution in [1.29, 1.82) is 0 Å². The highest BCUT2D eigenvalue weighted by molar-refractivity contribution is 5.96. The minimum absolute atomic E-state index is 0.110. The Hall–Kier alpha value is -3.55. The first-order chi connectivity index (χ1) is 15.1. The number of ether oxygens (including phenoxy) is 2. The van der Waals surface area contributed by atoms with Crippen LogP contribution in [0.2, 0.25) is 0 Å². The van der Waals surface area contributed by atoms with Crippen LogP contribution in [0.25, 0.3) is 0 Å². The first kappa shape index (κ1) is 20.7. The zero-order valence-corrected chi connectivity index (χ0v) is 17.1. The van der Waals surface area contributed by atoms with Gasteiger partial charge in [-0.2, -0.15) is 0 Å². The molecule has 1 saturated heterocycles. The van der Waals surface area contributed by atoms with E-state index in [9.17, 15) is 14.4 Å². The second kappa shape index (κ2) is 9.51. The number of nitrogens with zero attached hydrogens (tertiary/aromatic N) is 1. The maximum Gasteiger partial charge on any atom is 0.269 e. The monoisotopic (exact) mass is 423 g/mol. The molecule has 1 fully saturated rings. The summed E-state index contributed by atoms with van der Waals surface area (Å²) in [6, 6.07) is 14.8. The van der Waals surface area contributed by atoms with E-state index in [4.69, 9.17) is 9.47 Å². The van der Waals surface area contributed by atoms with E-state index in [-0.39, 0.29) is 24.5 Å². The topological polar surface area (TPSA) is 97.0 Å². The lowest BCUT2D eigenvalue weighted by Crippen LogP contribution is -2.48. The Balaban J connectivity index is 1.19. The summed E-state index contributed by atoms with van der Waals surface area (Å²) in [5.41, 5.74) is 6.45. The number of likely N-dealkylation sites (tertiary alicyclic amines) is 1. The van der Waals surface area contributed by atoms with Crippen LogP contribution >= 0.6 is 0 Å². The number of fused-ring (bicyclic) bond motifs is 1. The lowest BCUT2D eigenvalue weighted by atomic mass is 9.95. The highest BCUT2D eigenvalue weighted by atomic mass is 16.7. The molecule has 0 unspecified atom stereocenters. The minimum Gasteiger partial charge on any atom is -0.454 e. The van der Waals surface area contributed by atoms with Gasteiger partial charge in [0.1, 0.15) is 0 Å². The standard InChI is InChI=1S/C23H25N3O5/c27-21(9-6-16-4-2-1-3-5-16)26-12-10-17(11-13-26)22(28)24-25-23(29)18-7-8-19-20(14-18)31-15-30-19/h1-5,7-8,14,17H,6,9-13,15H2,(H,24,28)(H,25,29). The highest BCUT2D eigenvalue weighted by Crippen LogP contribution is 2.32. The molecule has 0 aliphatic carbocycles. The van der Waals surface area contributed by atoms with Crippen molar-refractivity contribution in [3.05, 3.63) is 59.7 Å². The van der Waals surface area contributed by atoms with Crippen LogP contribution in [0.3, 0.4) is 0 Å². The molecule has 2 aromatic carbocycles. The second-order valence-electron chi connectivity index (χ2n) is 7.65. The number of carbonyl (C=O) groups is 3. The lowest BCUT2D eigenvalue weighted by Gasteiger charge is -2.31. The van der Waals surface area contributed by atoms with Crippen molar-refractivity contribution in [3.8, 4) is 11.5 Å². The third kappa shape index (κ3) is 5.14. The van der Waals surface area contributed by atoms with Gasteiger partial charge in [0.15, 0.2) is 11.5 Å². The van der Waals surface area contributed by atoms with E-state index in [1.807, 2.05) is 35.2 Å². The first-order valence-electron chi connectivity index (χ1n) is 10.4. The summed E-state index contributed by atoms with van der Waals surface area (Å²) < 4.78 is 10.5. The Morgan fingerprint density at radius 1 is 0.935 bits per heavy atom. The van der Waals surface area contributed by atoms with Crippen molar-refractivity contribution in [2.45, 2.75) is 25.7 Å². The predicted molar refractivity (Wildman–Crippen MR) is 112 cm³/mol. The van der Waals surface area contributed by atoms with Crippen molar-refractivity contribution in [1.82, 2.24) is 15.8 Å². The van der Waals surface area contributed by atoms with E-state index in [0.29, 0.717) is 55.8 Å². The van der Waals surface area contributed by atoms with E-state index in [1.54, 1.807) is 18.2 Å². The summed E-state index contributed by atoms with van der Waals surface area (Å²) in [5, 5.41) is 0. The van der Waals surface area contributed by atoms with Gasteiger partial charge in [0.2, 0.25) is 18.6 Å². The molecule has 4 rings (SSSR count). The van der Waals surface area contributed by atoms with Crippen molar-refractivity contribution in [3.63, 3.8) is 0 Å². The minimum atomic E-state index is -0.430. The van der Waals surface area contributed by atoms with E-state index < -0.39 is 5.91 Å². The third-order valence-electron chi connectivity index (χ3n) is 5.62. The van der Waals surface area contributed by atoms with E-state index in [0.717, 1.165) is 5.56 Å². The number of aryl methyl sites for hydroxylation is 1. The fraction of sp³-hybridized carbons (Fsp3) is 0.348. The van der Waals surface area contributed by atoms with Gasteiger partial charge >= 0.3 is 0 Å².